The fraction of sp³-hybridized carbons (Fsp3) is 0.364. The molecule has 4 heterocycles. The number of aromatic nitrogens is 5. The largest absolute Gasteiger partial charge is 0.341 e. The zero-order chi connectivity index (χ0) is 20.8. The van der Waals surface area contributed by atoms with Crippen molar-refractivity contribution < 1.29 is 0 Å². The minimum absolute atomic E-state index is 0.0814. The van der Waals surface area contributed by atoms with Gasteiger partial charge >= 0.3 is 0 Å². The van der Waals surface area contributed by atoms with E-state index in [0.717, 1.165) is 40.2 Å². The van der Waals surface area contributed by atoms with Crippen LogP contribution in [0.3, 0.4) is 0 Å². The molecule has 0 amide bonds. The number of nitrogens with one attached hydrogen (secondary N) is 1. The van der Waals surface area contributed by atoms with Crippen molar-refractivity contribution in [1.82, 2.24) is 24.7 Å². The molecule has 0 radical (unpaired) electrons. The second-order valence-electron chi connectivity index (χ2n) is 8.07. The van der Waals surface area contributed by atoms with E-state index in [-0.39, 0.29) is 5.56 Å². The molecule has 4 aromatic rings. The summed E-state index contributed by atoms with van der Waals surface area (Å²) in [4.78, 5) is 23.8. The minimum Gasteiger partial charge on any atom is -0.341 e. The van der Waals surface area contributed by atoms with E-state index in [9.17, 15) is 4.79 Å². The van der Waals surface area contributed by atoms with Crippen LogP contribution in [0.25, 0.3) is 21.3 Å². The maximum atomic E-state index is 12.9. The molecule has 1 aromatic carbocycles. The number of aromatic amines is 1. The van der Waals surface area contributed by atoms with Crippen molar-refractivity contribution >= 4 is 39.3 Å². The van der Waals surface area contributed by atoms with Gasteiger partial charge in [-0.25, -0.2) is 4.98 Å². The highest BCUT2D eigenvalue weighted by atomic mass is 32.2. The summed E-state index contributed by atoms with van der Waals surface area (Å²) in [5.74, 6) is 2.25. The summed E-state index contributed by atoms with van der Waals surface area (Å²) in [7, 11) is 0. The summed E-state index contributed by atoms with van der Waals surface area (Å²) in [6.45, 7) is 2.12. The summed E-state index contributed by atoms with van der Waals surface area (Å²) in [6, 6.07) is 10.5. The molecular formula is C22H22N6OS2. The van der Waals surface area contributed by atoms with Gasteiger partial charge in [0.15, 0.2) is 5.16 Å². The molecule has 1 aliphatic heterocycles. The molecule has 7 nitrogen and oxygen atoms in total. The second-order valence-corrected chi connectivity index (χ2v) is 9.88. The lowest BCUT2D eigenvalue weighted by atomic mass is 10.1. The first-order valence-electron chi connectivity index (χ1n) is 10.7. The molecule has 1 aliphatic carbocycles. The third-order valence-electron chi connectivity index (χ3n) is 5.86. The number of hydrogen-bond acceptors (Lipinski definition) is 7. The predicted molar refractivity (Wildman–Crippen MR) is 125 cm³/mol. The van der Waals surface area contributed by atoms with Crippen molar-refractivity contribution in [3.05, 3.63) is 51.9 Å². The average molecular weight is 451 g/mol. The van der Waals surface area contributed by atoms with E-state index in [1.165, 1.54) is 37.0 Å². The smallest absolute Gasteiger partial charge is 0.260 e. The number of hydrogen-bond donors (Lipinski definition) is 1. The molecule has 1 N–H and O–H groups in total. The van der Waals surface area contributed by atoms with Crippen LogP contribution in [0, 0.1) is 0 Å². The van der Waals surface area contributed by atoms with E-state index in [0.29, 0.717) is 23.0 Å². The number of nitrogens with zero attached hydrogens (tertiary/aromatic N) is 5. The van der Waals surface area contributed by atoms with Crippen LogP contribution >= 0.6 is 23.1 Å². The first kappa shape index (κ1) is 19.1. The van der Waals surface area contributed by atoms with Crippen LogP contribution in [0.1, 0.15) is 37.5 Å². The lowest BCUT2D eigenvalue weighted by Crippen LogP contribution is -2.22. The molecule has 0 atom stereocenters. The maximum absolute atomic E-state index is 12.9. The standard InChI is InChI=1S/C22H22N6OS2/c29-19-18-16(14-6-2-1-3-7-14)12-30-20(18)24-17(23-19)13-31-22-26-25-21(27-10-4-5-11-27)28(22)15-8-9-15/h1-3,6-7,12,15H,4-5,8-11,13H2,(H,23,24,29). The minimum atomic E-state index is -0.0814. The monoisotopic (exact) mass is 450 g/mol. The number of thiophene rings is 1. The van der Waals surface area contributed by atoms with Gasteiger partial charge in [-0.2, -0.15) is 0 Å². The van der Waals surface area contributed by atoms with Gasteiger partial charge in [-0.15, -0.1) is 21.5 Å². The molecule has 2 fully saturated rings. The fourth-order valence-corrected chi connectivity index (χ4v) is 6.02. The Hall–Kier alpha value is -2.65. The van der Waals surface area contributed by atoms with Crippen molar-refractivity contribution in [2.45, 2.75) is 42.6 Å². The molecule has 1 saturated carbocycles. The molecule has 31 heavy (non-hydrogen) atoms. The van der Waals surface area contributed by atoms with Gasteiger partial charge in [-0.05, 0) is 31.2 Å². The number of anilines is 1. The van der Waals surface area contributed by atoms with Crippen molar-refractivity contribution in [3.63, 3.8) is 0 Å². The highest BCUT2D eigenvalue weighted by molar-refractivity contribution is 7.98. The van der Waals surface area contributed by atoms with E-state index >= 15 is 0 Å². The third-order valence-corrected chi connectivity index (χ3v) is 7.69. The van der Waals surface area contributed by atoms with Crippen LogP contribution in [0.2, 0.25) is 0 Å². The Balaban J connectivity index is 1.27. The summed E-state index contributed by atoms with van der Waals surface area (Å²) in [5, 5.41) is 12.6. The number of fused-ring (bicyclic) bond motifs is 1. The summed E-state index contributed by atoms with van der Waals surface area (Å²) in [5.41, 5.74) is 1.90. The number of rotatable bonds is 6. The molecular weight excluding hydrogens is 428 g/mol. The molecule has 1 saturated heterocycles. The topological polar surface area (TPSA) is 79.7 Å². The Bertz CT molecular complexity index is 1280. The summed E-state index contributed by atoms with van der Waals surface area (Å²) >= 11 is 3.12. The summed E-state index contributed by atoms with van der Waals surface area (Å²) < 4.78 is 2.30. The van der Waals surface area contributed by atoms with E-state index in [4.69, 9.17) is 4.98 Å². The van der Waals surface area contributed by atoms with E-state index in [1.807, 2.05) is 35.7 Å². The van der Waals surface area contributed by atoms with Crippen LogP contribution in [-0.4, -0.2) is 37.8 Å². The molecule has 9 heteroatoms. The molecule has 3 aromatic heterocycles. The predicted octanol–water partition coefficient (Wildman–Crippen LogP) is 4.47. The van der Waals surface area contributed by atoms with Gasteiger partial charge in [0, 0.05) is 30.1 Å². The highest BCUT2D eigenvalue weighted by Crippen LogP contribution is 2.41. The first-order chi connectivity index (χ1) is 15.3. The van der Waals surface area contributed by atoms with Gasteiger partial charge < -0.3 is 9.88 Å². The first-order valence-corrected chi connectivity index (χ1v) is 12.5. The molecule has 2 aliphatic rings. The Morgan fingerprint density at radius 3 is 2.71 bits per heavy atom. The van der Waals surface area contributed by atoms with Gasteiger partial charge in [-0.3, -0.25) is 9.36 Å². The average Bonchev–Trinajstić information content (AvgIpc) is 3.20. The normalized spacial score (nSPS) is 16.5. The Morgan fingerprint density at radius 1 is 1.13 bits per heavy atom. The van der Waals surface area contributed by atoms with Crippen LogP contribution < -0.4 is 10.5 Å². The van der Waals surface area contributed by atoms with Crippen molar-refractivity contribution in [2.24, 2.45) is 0 Å². The summed E-state index contributed by atoms with van der Waals surface area (Å²) in [6.07, 6.45) is 4.81. The third kappa shape index (κ3) is 3.55. The van der Waals surface area contributed by atoms with Crippen LogP contribution in [-0.2, 0) is 5.75 Å². The van der Waals surface area contributed by atoms with Crippen molar-refractivity contribution in [1.29, 1.82) is 0 Å². The van der Waals surface area contributed by atoms with Crippen LogP contribution in [0.5, 0.6) is 0 Å². The van der Waals surface area contributed by atoms with Gasteiger partial charge in [-0.1, -0.05) is 42.1 Å². The maximum Gasteiger partial charge on any atom is 0.260 e. The zero-order valence-electron chi connectivity index (χ0n) is 17.0. The van der Waals surface area contributed by atoms with Gasteiger partial charge in [0.05, 0.1) is 11.1 Å². The van der Waals surface area contributed by atoms with E-state index in [2.05, 4.69) is 24.6 Å². The Morgan fingerprint density at radius 2 is 1.94 bits per heavy atom. The van der Waals surface area contributed by atoms with Crippen molar-refractivity contribution in [2.75, 3.05) is 18.0 Å². The van der Waals surface area contributed by atoms with Crippen molar-refractivity contribution in [3.8, 4) is 11.1 Å². The highest BCUT2D eigenvalue weighted by Gasteiger charge is 2.32. The molecule has 158 valence electrons. The van der Waals surface area contributed by atoms with E-state index in [1.54, 1.807) is 11.8 Å². The lowest BCUT2D eigenvalue weighted by molar-refractivity contribution is 0.651. The SMILES string of the molecule is O=c1[nH]c(CSc2nnc(N3CCCC3)n2C2CC2)nc2scc(-c3ccccc3)c12. The number of benzene rings is 1. The number of H-pyrrole nitrogens is 1. The lowest BCUT2D eigenvalue weighted by Gasteiger charge is -2.17. The van der Waals surface area contributed by atoms with Gasteiger partial charge in [0.2, 0.25) is 5.95 Å². The molecule has 6 rings (SSSR count). The zero-order valence-corrected chi connectivity index (χ0v) is 18.6. The fourth-order valence-electron chi connectivity index (χ4n) is 4.18. The molecule has 0 unspecified atom stereocenters. The Labute approximate surface area is 187 Å². The van der Waals surface area contributed by atoms with Gasteiger partial charge in [0.1, 0.15) is 10.7 Å². The Kier molecular flexibility index (Phi) is 4.80. The molecule has 0 bridgehead atoms. The quantitative estimate of drug-likeness (QED) is 0.437. The van der Waals surface area contributed by atoms with Gasteiger partial charge in [0.25, 0.3) is 5.56 Å². The van der Waals surface area contributed by atoms with Crippen LogP contribution in [0.4, 0.5) is 5.95 Å². The number of thioether (sulfide) groups is 1. The second kappa shape index (κ2) is 7.80. The van der Waals surface area contributed by atoms with Crippen LogP contribution in [0.15, 0.2) is 45.7 Å². The van der Waals surface area contributed by atoms with E-state index < -0.39 is 0 Å². The molecule has 0 spiro atoms.